The predicted octanol–water partition coefficient (Wildman–Crippen LogP) is 6.26. The monoisotopic (exact) mass is 570 g/mol. The molecule has 4 aromatic rings. The molecule has 2 aromatic heterocycles. The van der Waals surface area contributed by atoms with Crippen LogP contribution in [0.4, 0.5) is 0 Å². The number of ether oxygens (including phenoxy) is 3. The van der Waals surface area contributed by atoms with Gasteiger partial charge in [0.15, 0.2) is 0 Å². The van der Waals surface area contributed by atoms with Crippen molar-refractivity contribution in [3.8, 4) is 17.1 Å². The van der Waals surface area contributed by atoms with Crippen molar-refractivity contribution in [2.24, 2.45) is 0 Å². The van der Waals surface area contributed by atoms with Gasteiger partial charge in [0.1, 0.15) is 24.3 Å². The van der Waals surface area contributed by atoms with Crippen molar-refractivity contribution in [1.29, 1.82) is 0 Å². The molecule has 0 amide bonds. The number of benzene rings is 2. The van der Waals surface area contributed by atoms with Crippen LogP contribution in [0.1, 0.15) is 12.5 Å². The molecule has 7 nitrogen and oxygen atoms in total. The number of nitrogens with zero attached hydrogens (tertiary/aromatic N) is 4. The summed E-state index contributed by atoms with van der Waals surface area (Å²) in [5, 5.41) is 1.03. The zero-order chi connectivity index (χ0) is 23.5. The Bertz CT molecular complexity index is 1250. The lowest BCUT2D eigenvalue weighted by atomic mass is 10.1. The maximum atomic E-state index is 6.53. The third-order valence-corrected chi connectivity index (χ3v) is 6.30. The second-order valence-electron chi connectivity index (χ2n) is 8.04. The molecule has 1 aliphatic heterocycles. The second-order valence-corrected chi connectivity index (χ2v) is 8.88. The molecular weight excluding hydrogens is 546 g/mol. The Morgan fingerprint density at radius 3 is 2.58 bits per heavy atom. The summed E-state index contributed by atoms with van der Waals surface area (Å²) in [6, 6.07) is 13.2. The van der Waals surface area contributed by atoms with Crippen LogP contribution < -0.4 is 4.74 Å². The van der Waals surface area contributed by atoms with Gasteiger partial charge >= 0.3 is 0 Å². The summed E-state index contributed by atoms with van der Waals surface area (Å²) in [4.78, 5) is 8.57. The smallest absolute Gasteiger partial charge is 0.215 e. The predicted molar refractivity (Wildman–Crippen MR) is 145 cm³/mol. The summed E-state index contributed by atoms with van der Waals surface area (Å²) < 4.78 is 22.7. The highest BCUT2D eigenvalue weighted by atomic mass is 35.5. The van der Waals surface area contributed by atoms with Crippen molar-refractivity contribution in [2.75, 3.05) is 13.2 Å². The van der Waals surface area contributed by atoms with Gasteiger partial charge in [0, 0.05) is 47.5 Å². The topological polar surface area (TPSA) is 63.3 Å². The molecule has 0 bridgehead atoms. The fourth-order valence-corrected chi connectivity index (χ4v) is 4.64. The van der Waals surface area contributed by atoms with E-state index in [1.807, 2.05) is 53.5 Å². The lowest BCUT2D eigenvalue weighted by molar-refractivity contribution is -0.189. The summed E-state index contributed by atoms with van der Waals surface area (Å²) in [6.07, 6.45) is 8.78. The van der Waals surface area contributed by atoms with Crippen LogP contribution in [0.25, 0.3) is 11.4 Å². The minimum absolute atomic E-state index is 0. The first-order chi connectivity index (χ1) is 16.6. The number of hydrogen-bond acceptors (Lipinski definition) is 5. The number of imidazole rings is 2. The Labute approximate surface area is 232 Å². The number of aromatic nitrogens is 4. The van der Waals surface area contributed by atoms with E-state index in [0.29, 0.717) is 35.4 Å². The molecule has 11 heteroatoms. The quantitative estimate of drug-likeness (QED) is 0.249. The number of hydrogen-bond donors (Lipinski definition) is 0. The van der Waals surface area contributed by atoms with E-state index in [1.165, 1.54) is 0 Å². The van der Waals surface area contributed by atoms with Gasteiger partial charge in [0.05, 0.1) is 24.5 Å². The molecule has 5 rings (SSSR count). The van der Waals surface area contributed by atoms with Crippen LogP contribution in [0.3, 0.4) is 0 Å². The van der Waals surface area contributed by atoms with Crippen molar-refractivity contribution < 1.29 is 14.2 Å². The van der Waals surface area contributed by atoms with Gasteiger partial charge < -0.3 is 23.3 Å². The van der Waals surface area contributed by atoms with E-state index in [-0.39, 0.29) is 30.9 Å². The zero-order valence-electron chi connectivity index (χ0n) is 19.4. The Kier molecular flexibility index (Phi) is 9.69. The molecule has 1 aliphatic rings. The average Bonchev–Trinajstić information content (AvgIpc) is 3.60. The maximum absolute atomic E-state index is 6.53. The van der Waals surface area contributed by atoms with Crippen LogP contribution in [0.15, 0.2) is 73.6 Å². The SMILES string of the molecule is CCn1ccnc1-c1ccc(OCC2COC(Cn3ccnc3)(c3ccc(Cl)cc3Cl)O2)cc1.Cl.Cl. The molecule has 1 fully saturated rings. The van der Waals surface area contributed by atoms with Gasteiger partial charge in [-0.25, -0.2) is 9.97 Å². The molecule has 0 radical (unpaired) electrons. The van der Waals surface area contributed by atoms with Crippen LogP contribution in [-0.4, -0.2) is 38.4 Å². The van der Waals surface area contributed by atoms with Crippen LogP contribution in [-0.2, 0) is 28.4 Å². The minimum Gasteiger partial charge on any atom is -0.491 e. The first-order valence-electron chi connectivity index (χ1n) is 11.0. The molecule has 0 saturated carbocycles. The van der Waals surface area contributed by atoms with Gasteiger partial charge in [0.2, 0.25) is 5.79 Å². The van der Waals surface area contributed by atoms with E-state index in [2.05, 4.69) is 21.5 Å². The van der Waals surface area contributed by atoms with E-state index in [1.54, 1.807) is 24.7 Å². The third kappa shape index (κ3) is 5.99. The number of halogens is 4. The van der Waals surface area contributed by atoms with Crippen molar-refractivity contribution >= 4 is 48.0 Å². The van der Waals surface area contributed by atoms with Crippen LogP contribution in [0.2, 0.25) is 10.0 Å². The van der Waals surface area contributed by atoms with E-state index in [9.17, 15) is 0 Å². The summed E-state index contributed by atoms with van der Waals surface area (Å²) in [5.74, 6) is 0.613. The van der Waals surface area contributed by atoms with Crippen molar-refractivity contribution in [1.82, 2.24) is 19.1 Å². The second kappa shape index (κ2) is 12.3. The molecule has 2 unspecified atom stereocenters. The summed E-state index contributed by atoms with van der Waals surface area (Å²) in [5.41, 5.74) is 1.75. The minimum atomic E-state index is -1.07. The summed E-state index contributed by atoms with van der Waals surface area (Å²) in [7, 11) is 0. The molecule has 0 N–H and O–H groups in total. The first-order valence-corrected chi connectivity index (χ1v) is 11.8. The van der Waals surface area contributed by atoms with E-state index < -0.39 is 5.79 Å². The fraction of sp³-hybridized carbons (Fsp3) is 0.280. The van der Waals surface area contributed by atoms with Gasteiger partial charge in [-0.05, 0) is 43.3 Å². The Morgan fingerprint density at radius 2 is 1.89 bits per heavy atom. The third-order valence-electron chi connectivity index (χ3n) is 5.76. The summed E-state index contributed by atoms with van der Waals surface area (Å²) >= 11 is 12.6. The van der Waals surface area contributed by atoms with Gasteiger partial charge in [-0.3, -0.25) is 0 Å². The number of rotatable bonds is 8. The molecular formula is C25H26Cl4N4O3. The lowest BCUT2D eigenvalue weighted by Crippen LogP contribution is -2.34. The lowest BCUT2D eigenvalue weighted by Gasteiger charge is -2.30. The molecule has 0 spiro atoms. The summed E-state index contributed by atoms with van der Waals surface area (Å²) in [6.45, 7) is 4.05. The van der Waals surface area contributed by atoms with E-state index in [4.69, 9.17) is 37.4 Å². The van der Waals surface area contributed by atoms with E-state index in [0.717, 1.165) is 23.7 Å². The average molecular weight is 572 g/mol. The van der Waals surface area contributed by atoms with Gasteiger partial charge in [-0.1, -0.05) is 29.3 Å². The molecule has 0 aliphatic carbocycles. The van der Waals surface area contributed by atoms with Crippen LogP contribution in [0.5, 0.6) is 5.75 Å². The highest BCUT2D eigenvalue weighted by Gasteiger charge is 2.45. The normalized spacial score (nSPS) is 18.9. The maximum Gasteiger partial charge on any atom is 0.215 e. The van der Waals surface area contributed by atoms with Crippen LogP contribution >= 0.6 is 48.0 Å². The van der Waals surface area contributed by atoms with Gasteiger partial charge in [-0.2, -0.15) is 0 Å². The Hall–Kier alpha value is -2.26. The molecule has 1 saturated heterocycles. The fourth-order valence-electron chi connectivity index (χ4n) is 4.09. The molecule has 2 atom stereocenters. The van der Waals surface area contributed by atoms with Gasteiger partial charge in [-0.15, -0.1) is 24.8 Å². The standard InChI is InChI=1S/C25H24Cl2N4O3.2ClH/c1-2-31-12-10-29-24(31)18-3-6-20(7-4-18)32-14-21-15-33-25(34-21,16-30-11-9-28-17-30)22-8-5-19(26)13-23(22)27;;/h3-13,17,21H,2,14-16H2,1H3;2*1H. The molecule has 192 valence electrons. The first kappa shape index (κ1) is 28.3. The van der Waals surface area contributed by atoms with E-state index >= 15 is 0 Å². The Balaban J connectivity index is 0.00000180. The highest BCUT2D eigenvalue weighted by Crippen LogP contribution is 2.40. The molecule has 3 heterocycles. The number of aryl methyl sites for hydroxylation is 1. The van der Waals surface area contributed by atoms with Crippen LogP contribution in [0, 0.1) is 0 Å². The Morgan fingerprint density at radius 1 is 1.08 bits per heavy atom. The van der Waals surface area contributed by atoms with Crippen molar-refractivity contribution in [3.05, 3.63) is 89.2 Å². The molecule has 36 heavy (non-hydrogen) atoms. The highest BCUT2D eigenvalue weighted by molar-refractivity contribution is 6.35. The van der Waals surface area contributed by atoms with Crippen molar-refractivity contribution in [3.63, 3.8) is 0 Å². The van der Waals surface area contributed by atoms with Crippen molar-refractivity contribution in [2.45, 2.75) is 31.9 Å². The zero-order valence-corrected chi connectivity index (χ0v) is 22.6. The molecule has 2 aromatic carbocycles. The largest absolute Gasteiger partial charge is 0.491 e. The van der Waals surface area contributed by atoms with Gasteiger partial charge in [0.25, 0.3) is 0 Å².